The Bertz CT molecular complexity index is 754. The van der Waals surface area contributed by atoms with E-state index in [0.29, 0.717) is 16.7 Å². The molecule has 0 radical (unpaired) electrons. The second-order valence-electron chi connectivity index (χ2n) is 5.21. The quantitative estimate of drug-likeness (QED) is 0.802. The number of hydrogen-bond acceptors (Lipinski definition) is 6. The first-order valence-corrected chi connectivity index (χ1v) is 8.23. The van der Waals surface area contributed by atoms with Gasteiger partial charge in [0.05, 0.1) is 0 Å². The van der Waals surface area contributed by atoms with Crippen LogP contribution in [-0.4, -0.2) is 25.5 Å². The van der Waals surface area contributed by atoms with E-state index >= 15 is 0 Å². The van der Waals surface area contributed by atoms with Crippen LogP contribution in [0.5, 0.6) is 0 Å². The van der Waals surface area contributed by atoms with Crippen LogP contribution in [0.25, 0.3) is 4.96 Å². The molecule has 3 aromatic heterocycles. The number of nitrogens with zero attached hydrogens (tertiary/aromatic N) is 4. The topological polar surface area (TPSA) is 72.2 Å². The van der Waals surface area contributed by atoms with Gasteiger partial charge in [-0.15, -0.1) is 21.5 Å². The summed E-state index contributed by atoms with van der Waals surface area (Å²) in [5, 5.41) is 12.3. The van der Waals surface area contributed by atoms with Crippen molar-refractivity contribution in [3.05, 3.63) is 28.0 Å². The van der Waals surface area contributed by atoms with Crippen LogP contribution in [-0.2, 0) is 6.42 Å². The van der Waals surface area contributed by atoms with Crippen LogP contribution in [0.2, 0.25) is 0 Å². The average Bonchev–Trinajstić information content (AvgIpc) is 3.03. The fraction of sp³-hybridized carbons (Fsp3) is 0.385. The van der Waals surface area contributed by atoms with E-state index in [1.54, 1.807) is 17.5 Å². The van der Waals surface area contributed by atoms with Gasteiger partial charge in [-0.1, -0.05) is 25.2 Å². The van der Waals surface area contributed by atoms with Crippen molar-refractivity contribution in [1.29, 1.82) is 0 Å². The first kappa shape index (κ1) is 14.2. The third kappa shape index (κ3) is 3.11. The van der Waals surface area contributed by atoms with Gasteiger partial charge < -0.3 is 0 Å². The van der Waals surface area contributed by atoms with Gasteiger partial charge in [-0.2, -0.15) is 0 Å². The van der Waals surface area contributed by atoms with Gasteiger partial charge in [-0.3, -0.25) is 14.5 Å². The second kappa shape index (κ2) is 5.53. The molecule has 0 fully saturated rings. The maximum absolute atomic E-state index is 12.2. The summed E-state index contributed by atoms with van der Waals surface area (Å²) in [5.41, 5.74) is 0.391. The molecule has 1 amide bonds. The standard InChI is InChI=1S/C13H15N5OS2/c1-7(2)4-10-16-17-12(21-10)15-11(19)9-6-18-5-8(3)20-13(18)14-9/h5-7H,4H2,1-3H3,(H,15,17,19). The van der Waals surface area contributed by atoms with Crippen molar-refractivity contribution in [2.75, 3.05) is 5.32 Å². The lowest BCUT2D eigenvalue weighted by Gasteiger charge is -1.98. The third-order valence-electron chi connectivity index (χ3n) is 2.77. The highest BCUT2D eigenvalue weighted by atomic mass is 32.1. The minimum atomic E-state index is -0.254. The molecule has 0 saturated carbocycles. The Morgan fingerprint density at radius 1 is 1.33 bits per heavy atom. The zero-order valence-electron chi connectivity index (χ0n) is 12.0. The van der Waals surface area contributed by atoms with Crippen molar-refractivity contribution in [2.24, 2.45) is 5.92 Å². The molecule has 0 aliphatic heterocycles. The van der Waals surface area contributed by atoms with Gasteiger partial charge >= 0.3 is 0 Å². The van der Waals surface area contributed by atoms with Crippen LogP contribution in [0.4, 0.5) is 5.13 Å². The average molecular weight is 321 g/mol. The van der Waals surface area contributed by atoms with Crippen LogP contribution in [0.15, 0.2) is 12.4 Å². The lowest BCUT2D eigenvalue weighted by atomic mass is 10.1. The molecular formula is C13H15N5OS2. The van der Waals surface area contributed by atoms with E-state index in [0.717, 1.165) is 21.3 Å². The van der Waals surface area contributed by atoms with Crippen molar-refractivity contribution in [3.63, 3.8) is 0 Å². The third-order valence-corrected chi connectivity index (χ3v) is 4.55. The summed E-state index contributed by atoms with van der Waals surface area (Å²) in [5.74, 6) is 0.264. The molecule has 3 rings (SSSR count). The number of aromatic nitrogens is 4. The summed E-state index contributed by atoms with van der Waals surface area (Å²) in [4.78, 5) is 18.4. The summed E-state index contributed by atoms with van der Waals surface area (Å²) >= 11 is 2.96. The van der Waals surface area contributed by atoms with Crippen molar-refractivity contribution < 1.29 is 4.79 Å². The molecule has 0 bridgehead atoms. The summed E-state index contributed by atoms with van der Waals surface area (Å²) < 4.78 is 1.86. The number of carbonyl (C=O) groups is 1. The maximum atomic E-state index is 12.2. The van der Waals surface area contributed by atoms with Crippen LogP contribution >= 0.6 is 22.7 Å². The van der Waals surface area contributed by atoms with E-state index in [-0.39, 0.29) is 5.91 Å². The van der Waals surface area contributed by atoms with Gasteiger partial charge in [0, 0.05) is 23.7 Å². The number of nitrogens with one attached hydrogen (secondary N) is 1. The molecule has 21 heavy (non-hydrogen) atoms. The molecular weight excluding hydrogens is 306 g/mol. The largest absolute Gasteiger partial charge is 0.297 e. The Labute approximate surface area is 129 Å². The summed E-state index contributed by atoms with van der Waals surface area (Å²) in [6, 6.07) is 0. The van der Waals surface area contributed by atoms with Gasteiger partial charge in [0.2, 0.25) is 5.13 Å². The Kier molecular flexibility index (Phi) is 3.73. The van der Waals surface area contributed by atoms with Crippen LogP contribution in [0.1, 0.15) is 34.2 Å². The molecule has 6 nitrogen and oxygen atoms in total. The van der Waals surface area contributed by atoms with Gasteiger partial charge in [0.15, 0.2) is 4.96 Å². The first-order valence-electron chi connectivity index (χ1n) is 6.60. The summed E-state index contributed by atoms with van der Waals surface area (Å²) in [6.45, 7) is 6.26. The van der Waals surface area contributed by atoms with Crippen molar-refractivity contribution in [3.8, 4) is 0 Å². The molecule has 0 aliphatic rings. The summed E-state index contributed by atoms with van der Waals surface area (Å²) in [6.07, 6.45) is 4.55. The first-order chi connectivity index (χ1) is 10.0. The number of aryl methyl sites for hydroxylation is 1. The van der Waals surface area contributed by atoms with Gasteiger partial charge in [0.1, 0.15) is 10.7 Å². The molecule has 0 aromatic carbocycles. The Morgan fingerprint density at radius 3 is 2.86 bits per heavy atom. The molecule has 3 aromatic rings. The van der Waals surface area contributed by atoms with E-state index in [4.69, 9.17) is 0 Å². The van der Waals surface area contributed by atoms with Crippen molar-refractivity contribution >= 4 is 38.7 Å². The van der Waals surface area contributed by atoms with Crippen LogP contribution in [0.3, 0.4) is 0 Å². The molecule has 3 heterocycles. The number of rotatable bonds is 4. The number of thiazole rings is 1. The highest BCUT2D eigenvalue weighted by molar-refractivity contribution is 7.17. The molecule has 0 aliphatic carbocycles. The molecule has 110 valence electrons. The second-order valence-corrected chi connectivity index (χ2v) is 7.49. The normalized spacial score (nSPS) is 11.4. The highest BCUT2D eigenvalue weighted by Crippen LogP contribution is 2.20. The highest BCUT2D eigenvalue weighted by Gasteiger charge is 2.15. The summed E-state index contributed by atoms with van der Waals surface area (Å²) in [7, 11) is 0. The molecule has 0 atom stereocenters. The number of hydrogen-bond donors (Lipinski definition) is 1. The monoisotopic (exact) mass is 321 g/mol. The molecule has 1 N–H and O–H groups in total. The van der Waals surface area contributed by atoms with Gasteiger partial charge in [-0.05, 0) is 12.8 Å². The molecule has 0 saturated heterocycles. The lowest BCUT2D eigenvalue weighted by Crippen LogP contribution is -2.12. The van der Waals surface area contributed by atoms with Crippen molar-refractivity contribution in [1.82, 2.24) is 19.6 Å². The van der Waals surface area contributed by atoms with E-state index < -0.39 is 0 Å². The molecule has 0 unspecified atom stereocenters. The smallest absolute Gasteiger partial charge is 0.277 e. The molecule has 0 spiro atoms. The minimum Gasteiger partial charge on any atom is -0.297 e. The Morgan fingerprint density at radius 2 is 2.14 bits per heavy atom. The fourth-order valence-corrected chi connectivity index (χ4v) is 3.67. The van der Waals surface area contributed by atoms with E-state index in [2.05, 4.69) is 34.3 Å². The maximum Gasteiger partial charge on any atom is 0.277 e. The molecule has 8 heteroatoms. The minimum absolute atomic E-state index is 0.254. The SMILES string of the molecule is Cc1cn2cc(C(=O)Nc3nnc(CC(C)C)s3)nc2s1. The van der Waals surface area contributed by atoms with Crippen LogP contribution in [0, 0.1) is 12.8 Å². The van der Waals surface area contributed by atoms with E-state index in [1.165, 1.54) is 11.3 Å². The van der Waals surface area contributed by atoms with Gasteiger partial charge in [0.25, 0.3) is 5.91 Å². The van der Waals surface area contributed by atoms with Gasteiger partial charge in [-0.25, -0.2) is 4.98 Å². The predicted molar refractivity (Wildman–Crippen MR) is 84.2 cm³/mol. The lowest BCUT2D eigenvalue weighted by molar-refractivity contribution is 0.102. The number of imidazole rings is 1. The van der Waals surface area contributed by atoms with Crippen molar-refractivity contribution in [2.45, 2.75) is 27.2 Å². The number of fused-ring (bicyclic) bond motifs is 1. The number of anilines is 1. The van der Waals surface area contributed by atoms with E-state index in [9.17, 15) is 4.79 Å². The van der Waals surface area contributed by atoms with Crippen LogP contribution < -0.4 is 5.32 Å². The Balaban J connectivity index is 1.73. The number of carbonyl (C=O) groups excluding carboxylic acids is 1. The number of amides is 1. The predicted octanol–water partition coefficient (Wildman–Crippen LogP) is 3.01. The zero-order chi connectivity index (χ0) is 15.0. The van der Waals surface area contributed by atoms with E-state index in [1.807, 2.05) is 17.5 Å². The Hall–Kier alpha value is -1.80. The zero-order valence-corrected chi connectivity index (χ0v) is 13.6. The fourth-order valence-electron chi connectivity index (χ4n) is 1.92.